The van der Waals surface area contributed by atoms with Crippen molar-refractivity contribution in [3.63, 3.8) is 0 Å². The third-order valence-electron chi connectivity index (χ3n) is 2.72. The zero-order valence-electron chi connectivity index (χ0n) is 8.26. The number of hydrogen-bond acceptors (Lipinski definition) is 4. The van der Waals surface area contributed by atoms with Gasteiger partial charge in [-0.15, -0.1) is 0 Å². The number of aliphatic hydroxyl groups is 1. The van der Waals surface area contributed by atoms with Crippen molar-refractivity contribution in [1.82, 2.24) is 4.98 Å². The summed E-state index contributed by atoms with van der Waals surface area (Å²) in [5.41, 5.74) is 1.67. The Labute approximate surface area is 87.1 Å². The molecule has 0 spiro atoms. The van der Waals surface area contributed by atoms with Crippen LogP contribution < -0.4 is 4.90 Å². The Morgan fingerprint density at radius 1 is 1.40 bits per heavy atom. The average Bonchev–Trinajstić information content (AvgIpc) is 2.82. The molecule has 2 heterocycles. The number of rotatable bonds is 1. The van der Waals surface area contributed by atoms with Gasteiger partial charge in [0.05, 0.1) is 6.10 Å². The topological polar surface area (TPSA) is 49.5 Å². The Kier molecular flexibility index (Phi) is 1.89. The molecule has 0 saturated carbocycles. The lowest BCUT2D eigenvalue weighted by Crippen LogP contribution is -2.21. The molecule has 1 aromatic carbocycles. The van der Waals surface area contributed by atoms with E-state index < -0.39 is 0 Å². The van der Waals surface area contributed by atoms with E-state index in [9.17, 15) is 5.11 Å². The molecule has 1 fully saturated rings. The standard InChI is InChI=1S/C11H12N2O2/c14-8-5-6-13(7-8)11-12-9-3-1-2-4-10(9)15-11/h1-4,8,14H,5-7H2/t8-/m1/s1. The minimum absolute atomic E-state index is 0.250. The van der Waals surface area contributed by atoms with Crippen LogP contribution in [0, 0.1) is 0 Å². The monoisotopic (exact) mass is 204 g/mol. The number of fused-ring (bicyclic) bond motifs is 1. The van der Waals surface area contributed by atoms with E-state index >= 15 is 0 Å². The van der Waals surface area contributed by atoms with Gasteiger partial charge in [-0.3, -0.25) is 0 Å². The van der Waals surface area contributed by atoms with E-state index in [1.807, 2.05) is 29.2 Å². The van der Waals surface area contributed by atoms with Gasteiger partial charge in [0.1, 0.15) is 5.52 Å². The van der Waals surface area contributed by atoms with Crippen LogP contribution >= 0.6 is 0 Å². The fourth-order valence-electron chi connectivity index (χ4n) is 1.91. The third-order valence-corrected chi connectivity index (χ3v) is 2.72. The van der Waals surface area contributed by atoms with Crippen molar-refractivity contribution < 1.29 is 9.52 Å². The maximum Gasteiger partial charge on any atom is 0.298 e. The quantitative estimate of drug-likeness (QED) is 0.762. The molecule has 1 aromatic heterocycles. The molecule has 4 nitrogen and oxygen atoms in total. The predicted molar refractivity (Wildman–Crippen MR) is 56.8 cm³/mol. The van der Waals surface area contributed by atoms with Crippen LogP contribution in [0.15, 0.2) is 28.7 Å². The van der Waals surface area contributed by atoms with Crippen molar-refractivity contribution in [3.05, 3.63) is 24.3 Å². The molecule has 0 radical (unpaired) electrons. The first-order valence-corrected chi connectivity index (χ1v) is 5.11. The smallest absolute Gasteiger partial charge is 0.298 e. The molecule has 2 aromatic rings. The highest BCUT2D eigenvalue weighted by Crippen LogP contribution is 2.24. The van der Waals surface area contributed by atoms with Crippen LogP contribution in [0.5, 0.6) is 0 Å². The molecule has 0 bridgehead atoms. The first-order valence-electron chi connectivity index (χ1n) is 5.11. The van der Waals surface area contributed by atoms with Crippen molar-refractivity contribution >= 4 is 17.1 Å². The van der Waals surface area contributed by atoms with E-state index in [1.165, 1.54) is 0 Å². The first-order chi connectivity index (χ1) is 7.33. The van der Waals surface area contributed by atoms with Crippen LogP contribution in [0.3, 0.4) is 0 Å². The van der Waals surface area contributed by atoms with Crippen molar-refractivity contribution in [2.24, 2.45) is 0 Å². The van der Waals surface area contributed by atoms with E-state index in [1.54, 1.807) is 0 Å². The molecule has 1 aliphatic rings. The molecule has 78 valence electrons. The van der Waals surface area contributed by atoms with E-state index in [4.69, 9.17) is 4.42 Å². The van der Waals surface area contributed by atoms with E-state index in [-0.39, 0.29) is 6.10 Å². The van der Waals surface area contributed by atoms with Gasteiger partial charge in [-0.1, -0.05) is 12.1 Å². The molecule has 4 heteroatoms. The zero-order chi connectivity index (χ0) is 10.3. The Balaban J connectivity index is 1.98. The SMILES string of the molecule is O[C@@H]1CCN(c2nc3ccccc3o2)C1. The third kappa shape index (κ3) is 1.47. The number of hydrogen-bond donors (Lipinski definition) is 1. The summed E-state index contributed by atoms with van der Waals surface area (Å²) >= 11 is 0. The van der Waals surface area contributed by atoms with Crippen LogP contribution in [0.1, 0.15) is 6.42 Å². The number of anilines is 1. The van der Waals surface area contributed by atoms with E-state index in [0.717, 1.165) is 24.1 Å². The maximum absolute atomic E-state index is 9.42. The normalized spacial score (nSPS) is 21.4. The second-order valence-corrected chi connectivity index (χ2v) is 3.85. The number of aliphatic hydroxyl groups excluding tert-OH is 1. The Morgan fingerprint density at radius 2 is 2.27 bits per heavy atom. The van der Waals surface area contributed by atoms with Crippen LogP contribution in [-0.4, -0.2) is 29.3 Å². The molecule has 0 aliphatic carbocycles. The summed E-state index contributed by atoms with van der Waals surface area (Å²) in [6, 6.07) is 8.31. The second-order valence-electron chi connectivity index (χ2n) is 3.85. The summed E-state index contributed by atoms with van der Waals surface area (Å²) in [6.45, 7) is 1.43. The molecule has 1 aliphatic heterocycles. The minimum Gasteiger partial charge on any atom is -0.423 e. The summed E-state index contributed by atoms with van der Waals surface area (Å²) in [4.78, 5) is 6.35. The van der Waals surface area contributed by atoms with Gasteiger partial charge in [0.15, 0.2) is 5.58 Å². The van der Waals surface area contributed by atoms with Crippen LogP contribution in [0.2, 0.25) is 0 Å². The van der Waals surface area contributed by atoms with Gasteiger partial charge in [0.2, 0.25) is 0 Å². The number of β-amino-alcohol motifs (C(OH)–C–C–N with tert-alkyl or cyclic N) is 1. The Bertz CT molecular complexity index is 447. The van der Waals surface area contributed by atoms with Crippen LogP contribution in [0.4, 0.5) is 6.01 Å². The lowest BCUT2D eigenvalue weighted by molar-refractivity contribution is 0.198. The number of aromatic nitrogens is 1. The average molecular weight is 204 g/mol. The highest BCUT2D eigenvalue weighted by Gasteiger charge is 2.23. The number of para-hydroxylation sites is 2. The molecule has 1 N–H and O–H groups in total. The van der Waals surface area contributed by atoms with Crippen molar-refractivity contribution in [3.8, 4) is 0 Å². The van der Waals surface area contributed by atoms with Gasteiger partial charge in [-0.05, 0) is 18.6 Å². The maximum atomic E-state index is 9.42. The summed E-state index contributed by atoms with van der Waals surface area (Å²) in [5, 5.41) is 9.42. The van der Waals surface area contributed by atoms with Crippen LogP contribution in [-0.2, 0) is 0 Å². The van der Waals surface area contributed by atoms with Gasteiger partial charge < -0.3 is 14.4 Å². The summed E-state index contributed by atoms with van der Waals surface area (Å²) in [6.07, 6.45) is 0.540. The van der Waals surface area contributed by atoms with Crippen molar-refractivity contribution in [1.29, 1.82) is 0 Å². The number of benzene rings is 1. The van der Waals surface area contributed by atoms with E-state index in [0.29, 0.717) is 12.6 Å². The van der Waals surface area contributed by atoms with E-state index in [2.05, 4.69) is 4.98 Å². The molecule has 1 atom stereocenters. The predicted octanol–water partition coefficient (Wildman–Crippen LogP) is 1.40. The Hall–Kier alpha value is -1.55. The molecular formula is C11H12N2O2. The van der Waals surface area contributed by atoms with Crippen molar-refractivity contribution in [2.45, 2.75) is 12.5 Å². The highest BCUT2D eigenvalue weighted by atomic mass is 16.4. The van der Waals surface area contributed by atoms with Gasteiger partial charge in [0.25, 0.3) is 6.01 Å². The van der Waals surface area contributed by atoms with Gasteiger partial charge in [-0.25, -0.2) is 0 Å². The second kappa shape index (κ2) is 3.24. The summed E-state index contributed by atoms with van der Waals surface area (Å²) in [5.74, 6) is 0. The number of oxazole rings is 1. The lowest BCUT2D eigenvalue weighted by atomic mass is 10.3. The Morgan fingerprint density at radius 3 is 3.00 bits per heavy atom. The molecule has 15 heavy (non-hydrogen) atoms. The zero-order valence-corrected chi connectivity index (χ0v) is 8.26. The molecule has 0 unspecified atom stereocenters. The first kappa shape index (κ1) is 8.73. The van der Waals surface area contributed by atoms with Gasteiger partial charge in [-0.2, -0.15) is 4.98 Å². The lowest BCUT2D eigenvalue weighted by Gasteiger charge is -2.10. The molecular weight excluding hydrogens is 192 g/mol. The van der Waals surface area contributed by atoms with Gasteiger partial charge >= 0.3 is 0 Å². The molecule has 1 saturated heterocycles. The largest absolute Gasteiger partial charge is 0.423 e. The summed E-state index contributed by atoms with van der Waals surface area (Å²) in [7, 11) is 0. The van der Waals surface area contributed by atoms with Crippen molar-refractivity contribution in [2.75, 3.05) is 18.0 Å². The minimum atomic E-state index is -0.250. The number of nitrogens with zero attached hydrogens (tertiary/aromatic N) is 2. The van der Waals surface area contributed by atoms with Crippen LogP contribution in [0.25, 0.3) is 11.1 Å². The highest BCUT2D eigenvalue weighted by molar-refractivity contribution is 5.74. The molecule has 0 amide bonds. The van der Waals surface area contributed by atoms with Gasteiger partial charge in [0, 0.05) is 13.1 Å². The fourth-order valence-corrected chi connectivity index (χ4v) is 1.91. The summed E-state index contributed by atoms with van der Waals surface area (Å²) < 4.78 is 5.60. The fraction of sp³-hybridized carbons (Fsp3) is 0.364. The molecule has 3 rings (SSSR count).